The SMILES string of the molecule is COc1cc2ncn(CCCC(=O)OCc3cc(Cl)c4c(c3)OCCCO4)c(=O)c2cc1OC. The average molecular weight is 489 g/mol. The van der Waals surface area contributed by atoms with Crippen LogP contribution in [-0.4, -0.2) is 43.0 Å². The third kappa shape index (κ3) is 5.20. The predicted octanol–water partition coefficient (Wildman–Crippen LogP) is 3.75. The van der Waals surface area contributed by atoms with Gasteiger partial charge in [0.05, 0.1) is 49.7 Å². The molecule has 0 bridgehead atoms. The summed E-state index contributed by atoms with van der Waals surface area (Å²) in [4.78, 5) is 29.4. The smallest absolute Gasteiger partial charge is 0.306 e. The van der Waals surface area contributed by atoms with Crippen molar-refractivity contribution < 1.29 is 28.5 Å². The van der Waals surface area contributed by atoms with Crippen LogP contribution in [-0.2, 0) is 22.7 Å². The van der Waals surface area contributed by atoms with Crippen molar-refractivity contribution in [2.75, 3.05) is 27.4 Å². The fourth-order valence-electron chi connectivity index (χ4n) is 3.64. The molecule has 0 amide bonds. The van der Waals surface area contributed by atoms with Crippen LogP contribution in [0.4, 0.5) is 0 Å². The summed E-state index contributed by atoms with van der Waals surface area (Å²) in [5.41, 5.74) is 0.996. The summed E-state index contributed by atoms with van der Waals surface area (Å²) in [7, 11) is 3.03. The molecule has 0 spiro atoms. The number of fused-ring (bicyclic) bond motifs is 2. The van der Waals surface area contributed by atoms with Gasteiger partial charge in [-0.05, 0) is 30.2 Å². The molecule has 0 fully saturated rings. The van der Waals surface area contributed by atoms with Crippen molar-refractivity contribution in [3.05, 3.63) is 51.5 Å². The summed E-state index contributed by atoms with van der Waals surface area (Å²) in [6.07, 6.45) is 2.80. The van der Waals surface area contributed by atoms with Crippen LogP contribution < -0.4 is 24.5 Å². The molecule has 34 heavy (non-hydrogen) atoms. The number of carbonyl (C=O) groups excluding carboxylic acids is 1. The molecule has 1 aromatic heterocycles. The Labute approximate surface area is 201 Å². The highest BCUT2D eigenvalue weighted by atomic mass is 35.5. The lowest BCUT2D eigenvalue weighted by atomic mass is 10.2. The fraction of sp³-hybridized carbons (Fsp3) is 0.375. The Bertz CT molecular complexity index is 1260. The number of hydrogen-bond acceptors (Lipinski definition) is 8. The molecule has 0 N–H and O–H groups in total. The van der Waals surface area contributed by atoms with Crippen molar-refractivity contribution in [3.63, 3.8) is 0 Å². The molecule has 0 unspecified atom stereocenters. The number of methoxy groups -OCH3 is 2. The molecule has 3 aromatic rings. The Hall–Kier alpha value is -3.46. The highest BCUT2D eigenvalue weighted by Crippen LogP contribution is 2.38. The van der Waals surface area contributed by atoms with Crippen LogP contribution in [0.15, 0.2) is 35.4 Å². The van der Waals surface area contributed by atoms with E-state index in [2.05, 4.69) is 4.98 Å². The number of ether oxygens (including phenoxy) is 5. The van der Waals surface area contributed by atoms with E-state index in [9.17, 15) is 9.59 Å². The van der Waals surface area contributed by atoms with Crippen molar-refractivity contribution in [1.82, 2.24) is 9.55 Å². The second-order valence-corrected chi connectivity index (χ2v) is 8.09. The Morgan fingerprint density at radius 1 is 1.12 bits per heavy atom. The lowest BCUT2D eigenvalue weighted by molar-refractivity contribution is -0.145. The zero-order valence-corrected chi connectivity index (χ0v) is 19.7. The maximum absolute atomic E-state index is 12.8. The average Bonchev–Trinajstić information content (AvgIpc) is 3.09. The molecule has 0 atom stereocenters. The third-order valence-electron chi connectivity index (χ3n) is 5.37. The molecule has 1 aliphatic rings. The Morgan fingerprint density at radius 2 is 1.88 bits per heavy atom. The second-order valence-electron chi connectivity index (χ2n) is 7.69. The van der Waals surface area contributed by atoms with Gasteiger partial charge in [0.25, 0.3) is 5.56 Å². The first-order valence-corrected chi connectivity index (χ1v) is 11.2. The summed E-state index contributed by atoms with van der Waals surface area (Å²) in [5.74, 6) is 1.63. The van der Waals surface area contributed by atoms with Crippen LogP contribution in [0.2, 0.25) is 5.02 Å². The maximum Gasteiger partial charge on any atom is 0.306 e. The van der Waals surface area contributed by atoms with Crippen LogP contribution in [0.1, 0.15) is 24.8 Å². The number of benzene rings is 2. The molecule has 2 aromatic carbocycles. The number of hydrogen-bond donors (Lipinski definition) is 0. The van der Waals surface area contributed by atoms with Crippen molar-refractivity contribution >= 4 is 28.5 Å². The summed E-state index contributed by atoms with van der Waals surface area (Å²) in [6.45, 7) is 1.46. The van der Waals surface area contributed by atoms with Crippen molar-refractivity contribution in [2.45, 2.75) is 32.4 Å². The topological polar surface area (TPSA) is 98.1 Å². The van der Waals surface area contributed by atoms with Gasteiger partial charge in [0.1, 0.15) is 6.61 Å². The number of aryl methyl sites for hydroxylation is 1. The molecule has 10 heteroatoms. The second kappa shape index (κ2) is 10.6. The first-order chi connectivity index (χ1) is 16.5. The number of rotatable bonds is 8. The molecule has 9 nitrogen and oxygen atoms in total. The summed E-state index contributed by atoms with van der Waals surface area (Å²) < 4.78 is 28.6. The van der Waals surface area contributed by atoms with E-state index in [1.54, 1.807) is 24.3 Å². The predicted molar refractivity (Wildman–Crippen MR) is 125 cm³/mol. The van der Waals surface area contributed by atoms with Gasteiger partial charge < -0.3 is 23.7 Å². The van der Waals surface area contributed by atoms with Crippen molar-refractivity contribution in [2.24, 2.45) is 0 Å². The van der Waals surface area contributed by atoms with Gasteiger partial charge in [-0.1, -0.05) is 11.6 Å². The van der Waals surface area contributed by atoms with E-state index in [0.717, 1.165) is 6.42 Å². The lowest BCUT2D eigenvalue weighted by Gasteiger charge is -2.12. The maximum atomic E-state index is 12.8. The Balaban J connectivity index is 1.34. The van der Waals surface area contributed by atoms with E-state index in [-0.39, 0.29) is 24.6 Å². The largest absolute Gasteiger partial charge is 0.493 e. The van der Waals surface area contributed by atoms with Crippen molar-refractivity contribution in [3.8, 4) is 23.0 Å². The van der Waals surface area contributed by atoms with Crippen LogP contribution in [0.5, 0.6) is 23.0 Å². The van der Waals surface area contributed by atoms with Gasteiger partial charge in [-0.2, -0.15) is 0 Å². The van der Waals surface area contributed by atoms with E-state index in [0.29, 0.717) is 70.7 Å². The van der Waals surface area contributed by atoms with E-state index in [4.69, 9.17) is 35.3 Å². The molecular weight excluding hydrogens is 464 g/mol. The highest BCUT2D eigenvalue weighted by Gasteiger charge is 2.16. The van der Waals surface area contributed by atoms with Gasteiger partial charge in [0, 0.05) is 25.5 Å². The standard InChI is InChI=1S/C24H25ClN2O7/c1-30-19-11-16-18(12-20(19)31-2)26-14-27(24(16)29)6-3-5-22(28)34-13-15-9-17(25)23-21(10-15)32-7-4-8-33-23/h9-12,14H,3-8,13H2,1-2H3. The first-order valence-electron chi connectivity index (χ1n) is 10.8. The molecular formula is C24H25ClN2O7. The van der Waals surface area contributed by atoms with Gasteiger partial charge in [0.15, 0.2) is 23.0 Å². The van der Waals surface area contributed by atoms with Crippen LogP contribution in [0.25, 0.3) is 10.9 Å². The number of esters is 1. The van der Waals surface area contributed by atoms with Crippen molar-refractivity contribution in [1.29, 1.82) is 0 Å². The zero-order chi connectivity index (χ0) is 24.1. The number of halogens is 1. The molecule has 2 heterocycles. The van der Waals surface area contributed by atoms with Gasteiger partial charge in [-0.25, -0.2) is 4.98 Å². The quantitative estimate of drug-likeness (QED) is 0.442. The number of nitrogens with zero attached hydrogens (tertiary/aromatic N) is 2. The third-order valence-corrected chi connectivity index (χ3v) is 5.65. The molecule has 0 aliphatic carbocycles. The lowest BCUT2D eigenvalue weighted by Crippen LogP contribution is -2.21. The van der Waals surface area contributed by atoms with Gasteiger partial charge in [0.2, 0.25) is 0 Å². The van der Waals surface area contributed by atoms with E-state index in [1.165, 1.54) is 25.1 Å². The number of aromatic nitrogens is 2. The fourth-order valence-corrected chi connectivity index (χ4v) is 3.93. The van der Waals surface area contributed by atoms with E-state index < -0.39 is 0 Å². The molecule has 1 aliphatic heterocycles. The molecule has 180 valence electrons. The minimum absolute atomic E-state index is 0.0638. The minimum Gasteiger partial charge on any atom is -0.493 e. The molecule has 4 rings (SSSR count). The molecule has 0 saturated heterocycles. The van der Waals surface area contributed by atoms with Gasteiger partial charge in [-0.3, -0.25) is 14.2 Å². The summed E-state index contributed by atoms with van der Waals surface area (Å²) in [5, 5.41) is 0.830. The number of carbonyl (C=O) groups is 1. The van der Waals surface area contributed by atoms with Crippen LogP contribution in [0, 0.1) is 0 Å². The Morgan fingerprint density at radius 3 is 2.68 bits per heavy atom. The Kier molecular flexibility index (Phi) is 7.42. The summed E-state index contributed by atoms with van der Waals surface area (Å²) >= 11 is 6.28. The van der Waals surface area contributed by atoms with E-state index in [1.807, 2.05) is 0 Å². The molecule has 0 radical (unpaired) electrons. The van der Waals surface area contributed by atoms with Crippen LogP contribution in [0.3, 0.4) is 0 Å². The van der Waals surface area contributed by atoms with Gasteiger partial charge >= 0.3 is 5.97 Å². The van der Waals surface area contributed by atoms with E-state index >= 15 is 0 Å². The van der Waals surface area contributed by atoms with Gasteiger partial charge in [-0.15, -0.1) is 0 Å². The molecule has 0 saturated carbocycles. The minimum atomic E-state index is -0.378. The van der Waals surface area contributed by atoms with Crippen LogP contribution >= 0.6 is 11.6 Å². The summed E-state index contributed by atoms with van der Waals surface area (Å²) in [6, 6.07) is 6.73. The zero-order valence-electron chi connectivity index (χ0n) is 19.0. The normalized spacial score (nSPS) is 12.8. The first kappa shape index (κ1) is 23.7. The highest BCUT2D eigenvalue weighted by molar-refractivity contribution is 6.32. The monoisotopic (exact) mass is 488 g/mol.